The molecule has 21 heavy (non-hydrogen) atoms. The Labute approximate surface area is 118 Å². The van der Waals surface area contributed by atoms with Crippen LogP contribution in [-0.2, 0) is 0 Å². The summed E-state index contributed by atoms with van der Waals surface area (Å²) in [6.45, 7) is 1.66. The van der Waals surface area contributed by atoms with E-state index in [1.807, 2.05) is 0 Å². The second-order valence-corrected chi connectivity index (χ2v) is 4.34. The van der Waals surface area contributed by atoms with E-state index in [9.17, 15) is 18.8 Å². The van der Waals surface area contributed by atoms with Crippen LogP contribution < -0.4 is 10.9 Å². The maximum atomic E-state index is 13.7. The molecule has 0 bridgehead atoms. The molecule has 1 aromatic heterocycles. The van der Waals surface area contributed by atoms with Crippen molar-refractivity contribution < 1.29 is 19.1 Å². The highest BCUT2D eigenvalue weighted by molar-refractivity contribution is 6.04. The summed E-state index contributed by atoms with van der Waals surface area (Å²) >= 11 is 0. The van der Waals surface area contributed by atoms with E-state index in [1.54, 1.807) is 13.0 Å². The van der Waals surface area contributed by atoms with E-state index in [-0.39, 0.29) is 16.8 Å². The molecule has 3 N–H and O–H groups in total. The van der Waals surface area contributed by atoms with E-state index >= 15 is 0 Å². The highest BCUT2D eigenvalue weighted by Gasteiger charge is 2.14. The van der Waals surface area contributed by atoms with Crippen LogP contribution in [0.3, 0.4) is 0 Å². The number of hydrogen-bond donors (Lipinski definition) is 3. The minimum absolute atomic E-state index is 0.165. The van der Waals surface area contributed by atoms with Crippen LogP contribution in [0.2, 0.25) is 0 Å². The molecule has 0 aliphatic rings. The maximum absolute atomic E-state index is 13.7. The Kier molecular flexibility index (Phi) is 3.84. The zero-order valence-corrected chi connectivity index (χ0v) is 10.9. The van der Waals surface area contributed by atoms with Gasteiger partial charge in [0.25, 0.3) is 11.5 Å². The fourth-order valence-corrected chi connectivity index (χ4v) is 1.69. The molecule has 0 aliphatic heterocycles. The normalized spacial score (nSPS) is 10.2. The first-order valence-electron chi connectivity index (χ1n) is 5.92. The van der Waals surface area contributed by atoms with Crippen molar-refractivity contribution in [1.82, 2.24) is 4.98 Å². The van der Waals surface area contributed by atoms with Crippen LogP contribution in [0.4, 0.5) is 10.1 Å². The molecule has 1 aromatic carbocycles. The molecule has 6 nitrogen and oxygen atoms in total. The van der Waals surface area contributed by atoms with Crippen LogP contribution in [0.25, 0.3) is 0 Å². The highest BCUT2D eigenvalue weighted by Crippen LogP contribution is 2.16. The van der Waals surface area contributed by atoms with Gasteiger partial charge in [0.2, 0.25) is 0 Å². The van der Waals surface area contributed by atoms with Gasteiger partial charge in [-0.15, -0.1) is 0 Å². The Hall–Kier alpha value is -2.96. The summed E-state index contributed by atoms with van der Waals surface area (Å²) in [6.07, 6.45) is 0. The number of pyridine rings is 1. The minimum atomic E-state index is -1.28. The molecular weight excluding hydrogens is 279 g/mol. The van der Waals surface area contributed by atoms with E-state index in [2.05, 4.69) is 10.3 Å². The molecule has 0 unspecified atom stereocenters. The van der Waals surface area contributed by atoms with Crippen LogP contribution in [0.5, 0.6) is 0 Å². The number of aromatic carboxylic acids is 1. The van der Waals surface area contributed by atoms with Crippen LogP contribution in [-0.4, -0.2) is 22.0 Å². The van der Waals surface area contributed by atoms with Crippen LogP contribution in [0, 0.1) is 12.7 Å². The Balaban J connectivity index is 2.27. The molecule has 1 heterocycles. The van der Waals surface area contributed by atoms with Crippen molar-refractivity contribution in [3.05, 3.63) is 63.3 Å². The average Bonchev–Trinajstić information content (AvgIpc) is 2.40. The fourth-order valence-electron chi connectivity index (χ4n) is 1.69. The predicted octanol–water partition coefficient (Wildman–Crippen LogP) is 1.77. The van der Waals surface area contributed by atoms with E-state index in [0.29, 0.717) is 5.69 Å². The third kappa shape index (κ3) is 3.14. The molecule has 108 valence electrons. The van der Waals surface area contributed by atoms with Crippen LogP contribution >= 0.6 is 0 Å². The van der Waals surface area contributed by atoms with Gasteiger partial charge in [0.15, 0.2) is 0 Å². The summed E-state index contributed by atoms with van der Waals surface area (Å²) in [6, 6.07) is 5.93. The van der Waals surface area contributed by atoms with E-state index in [4.69, 9.17) is 5.11 Å². The molecule has 0 fully saturated rings. The van der Waals surface area contributed by atoms with Crippen molar-refractivity contribution in [2.45, 2.75) is 6.92 Å². The Morgan fingerprint density at radius 1 is 1.24 bits per heavy atom. The second-order valence-electron chi connectivity index (χ2n) is 4.34. The number of carbonyl (C=O) groups excluding carboxylic acids is 1. The number of anilines is 1. The molecule has 0 radical (unpaired) electrons. The number of nitrogens with one attached hydrogen (secondary N) is 2. The summed E-state index contributed by atoms with van der Waals surface area (Å²) < 4.78 is 13.7. The number of rotatable bonds is 3. The van der Waals surface area contributed by atoms with Gasteiger partial charge in [-0.2, -0.15) is 0 Å². The molecule has 1 amide bonds. The average molecular weight is 290 g/mol. The van der Waals surface area contributed by atoms with Crippen molar-refractivity contribution in [2.75, 3.05) is 5.32 Å². The van der Waals surface area contributed by atoms with Crippen LogP contribution in [0.15, 0.2) is 35.1 Å². The number of halogens is 1. The summed E-state index contributed by atoms with van der Waals surface area (Å²) in [4.78, 5) is 36.7. The van der Waals surface area contributed by atoms with Gasteiger partial charge in [-0.1, -0.05) is 0 Å². The van der Waals surface area contributed by atoms with Crippen molar-refractivity contribution in [3.8, 4) is 0 Å². The van der Waals surface area contributed by atoms with Gasteiger partial charge < -0.3 is 15.4 Å². The first-order chi connectivity index (χ1) is 9.88. The Morgan fingerprint density at radius 3 is 2.52 bits per heavy atom. The zero-order chi connectivity index (χ0) is 15.6. The van der Waals surface area contributed by atoms with E-state index in [0.717, 1.165) is 18.2 Å². The SMILES string of the molecule is Cc1ccc(C(=O)Nc2ccc(C(=O)O)cc2F)c(=O)[nH]1. The summed E-state index contributed by atoms with van der Waals surface area (Å²) in [5.74, 6) is -2.95. The minimum Gasteiger partial charge on any atom is -0.478 e. The third-order valence-electron chi connectivity index (χ3n) is 2.76. The number of amides is 1. The van der Waals surface area contributed by atoms with Crippen molar-refractivity contribution in [1.29, 1.82) is 0 Å². The van der Waals surface area contributed by atoms with Crippen molar-refractivity contribution in [2.24, 2.45) is 0 Å². The first-order valence-corrected chi connectivity index (χ1v) is 5.92. The fraction of sp³-hybridized carbons (Fsp3) is 0.0714. The maximum Gasteiger partial charge on any atom is 0.335 e. The highest BCUT2D eigenvalue weighted by atomic mass is 19.1. The molecule has 0 aliphatic carbocycles. The Morgan fingerprint density at radius 2 is 1.95 bits per heavy atom. The number of aryl methyl sites for hydroxylation is 1. The second kappa shape index (κ2) is 5.58. The number of carboxylic acids is 1. The van der Waals surface area contributed by atoms with Crippen LogP contribution in [0.1, 0.15) is 26.4 Å². The summed E-state index contributed by atoms with van der Waals surface area (Å²) in [5.41, 5.74) is -0.602. The number of aromatic nitrogens is 1. The number of aromatic amines is 1. The number of carbonyl (C=O) groups is 2. The van der Waals surface area contributed by atoms with Gasteiger partial charge in [0.05, 0.1) is 11.3 Å². The van der Waals surface area contributed by atoms with E-state index < -0.39 is 23.3 Å². The molecule has 2 aromatic rings. The molecular formula is C14H11FN2O4. The summed E-state index contributed by atoms with van der Waals surface area (Å²) in [5, 5.41) is 10.9. The van der Waals surface area contributed by atoms with Gasteiger partial charge in [-0.25, -0.2) is 9.18 Å². The predicted molar refractivity (Wildman–Crippen MR) is 73.1 cm³/mol. The van der Waals surface area contributed by atoms with Crippen molar-refractivity contribution >= 4 is 17.6 Å². The van der Waals surface area contributed by atoms with Gasteiger partial charge in [0, 0.05) is 5.69 Å². The van der Waals surface area contributed by atoms with Gasteiger partial charge >= 0.3 is 5.97 Å². The quantitative estimate of drug-likeness (QED) is 0.802. The van der Waals surface area contributed by atoms with Gasteiger partial charge in [0.1, 0.15) is 11.4 Å². The molecule has 0 spiro atoms. The smallest absolute Gasteiger partial charge is 0.335 e. The summed E-state index contributed by atoms with van der Waals surface area (Å²) in [7, 11) is 0. The third-order valence-corrected chi connectivity index (χ3v) is 2.76. The lowest BCUT2D eigenvalue weighted by Gasteiger charge is -2.07. The standard InChI is InChI=1S/C14H11FN2O4/c1-7-2-4-9(12(18)16-7)13(19)17-11-5-3-8(14(20)21)6-10(11)15/h2-6H,1H3,(H,16,18)(H,17,19)(H,20,21). The topological polar surface area (TPSA) is 99.3 Å². The van der Waals surface area contributed by atoms with Gasteiger partial charge in [-0.3, -0.25) is 9.59 Å². The lowest BCUT2D eigenvalue weighted by Crippen LogP contribution is -2.23. The lowest BCUT2D eigenvalue weighted by molar-refractivity contribution is 0.0696. The molecule has 0 saturated carbocycles. The molecule has 2 rings (SSSR count). The van der Waals surface area contributed by atoms with E-state index in [1.165, 1.54) is 6.07 Å². The number of hydrogen-bond acceptors (Lipinski definition) is 3. The molecule has 0 saturated heterocycles. The largest absolute Gasteiger partial charge is 0.478 e. The zero-order valence-electron chi connectivity index (χ0n) is 10.9. The number of benzene rings is 1. The monoisotopic (exact) mass is 290 g/mol. The molecule has 0 atom stereocenters. The number of carboxylic acid groups (broad SMARTS) is 1. The van der Waals surface area contributed by atoms with Gasteiger partial charge in [-0.05, 0) is 37.3 Å². The molecule has 7 heteroatoms. The van der Waals surface area contributed by atoms with Crippen molar-refractivity contribution in [3.63, 3.8) is 0 Å². The lowest BCUT2D eigenvalue weighted by atomic mass is 10.2. The first kappa shape index (κ1) is 14.4. The number of H-pyrrole nitrogens is 1. The Bertz CT molecular complexity index is 783.